The van der Waals surface area contributed by atoms with E-state index in [2.05, 4.69) is 0 Å². The lowest BCUT2D eigenvalue weighted by Crippen LogP contribution is -2.13. The fourth-order valence-corrected chi connectivity index (χ4v) is 2.28. The Hall–Kier alpha value is -2.00. The number of benzene rings is 2. The van der Waals surface area contributed by atoms with Gasteiger partial charge in [-0.05, 0) is 29.8 Å². The molecule has 18 heavy (non-hydrogen) atoms. The maximum absolute atomic E-state index is 10.9. The largest absolute Gasteiger partial charge is 0.456 e. The minimum atomic E-state index is -0.353. The summed E-state index contributed by atoms with van der Waals surface area (Å²) < 4.78 is 5.72. The Labute approximate surface area is 108 Å². The number of fused-ring (bicyclic) bond motifs is 3. The highest BCUT2D eigenvalue weighted by Crippen LogP contribution is 2.31. The quantitative estimate of drug-likeness (QED) is 0.768. The Balaban J connectivity index is 2.23. The van der Waals surface area contributed by atoms with E-state index in [0.29, 0.717) is 5.02 Å². The zero-order valence-electron chi connectivity index (χ0n) is 9.44. The van der Waals surface area contributed by atoms with Crippen LogP contribution in [-0.4, -0.2) is 5.91 Å². The van der Waals surface area contributed by atoms with Gasteiger partial charge in [-0.25, -0.2) is 0 Å². The number of primary amides is 1. The van der Waals surface area contributed by atoms with Crippen LogP contribution in [0.1, 0.15) is 5.56 Å². The topological polar surface area (TPSA) is 56.2 Å². The summed E-state index contributed by atoms with van der Waals surface area (Å²) in [6, 6.07) is 11.1. The zero-order valence-corrected chi connectivity index (χ0v) is 10.2. The van der Waals surface area contributed by atoms with Gasteiger partial charge in [0.1, 0.15) is 11.2 Å². The van der Waals surface area contributed by atoms with Crippen molar-refractivity contribution in [3.8, 4) is 0 Å². The molecule has 0 saturated carbocycles. The average molecular weight is 260 g/mol. The molecule has 0 spiro atoms. The van der Waals surface area contributed by atoms with Gasteiger partial charge in [0, 0.05) is 15.8 Å². The molecule has 0 aliphatic carbocycles. The molecule has 0 atom stereocenters. The first-order valence-corrected chi connectivity index (χ1v) is 5.90. The molecule has 2 aromatic carbocycles. The summed E-state index contributed by atoms with van der Waals surface area (Å²) in [5.41, 5.74) is 7.55. The number of furan rings is 1. The standard InChI is InChI=1S/C14H10ClNO2/c15-9-2-4-12-11(7-9)10-3-1-8(6-14(16)17)5-13(10)18-12/h1-5,7H,6H2,(H2,16,17). The van der Waals surface area contributed by atoms with E-state index in [4.69, 9.17) is 21.8 Å². The number of carbonyl (C=O) groups excluding carboxylic acids is 1. The van der Waals surface area contributed by atoms with Gasteiger partial charge in [-0.3, -0.25) is 4.79 Å². The predicted octanol–water partition coefficient (Wildman–Crippen LogP) is 3.27. The van der Waals surface area contributed by atoms with Crippen molar-refractivity contribution >= 4 is 39.4 Å². The van der Waals surface area contributed by atoms with Gasteiger partial charge in [-0.2, -0.15) is 0 Å². The monoisotopic (exact) mass is 259 g/mol. The Morgan fingerprint density at radius 3 is 2.72 bits per heavy atom. The summed E-state index contributed by atoms with van der Waals surface area (Å²) in [6.07, 6.45) is 0.216. The lowest BCUT2D eigenvalue weighted by Gasteiger charge is -1.96. The number of nitrogens with two attached hydrogens (primary N) is 1. The molecule has 2 N–H and O–H groups in total. The fourth-order valence-electron chi connectivity index (χ4n) is 2.10. The molecule has 0 unspecified atom stereocenters. The summed E-state index contributed by atoms with van der Waals surface area (Å²) in [6.45, 7) is 0. The number of hydrogen-bond donors (Lipinski definition) is 1. The molecular weight excluding hydrogens is 250 g/mol. The fraction of sp³-hybridized carbons (Fsp3) is 0.0714. The minimum absolute atomic E-state index is 0.216. The second-order valence-corrected chi connectivity index (χ2v) is 4.65. The van der Waals surface area contributed by atoms with Crippen molar-refractivity contribution in [2.45, 2.75) is 6.42 Å². The molecule has 0 aliphatic heterocycles. The van der Waals surface area contributed by atoms with E-state index in [-0.39, 0.29) is 12.3 Å². The van der Waals surface area contributed by atoms with Gasteiger partial charge in [-0.15, -0.1) is 0 Å². The SMILES string of the molecule is NC(=O)Cc1ccc2c(c1)oc1ccc(Cl)cc12. The van der Waals surface area contributed by atoms with Crippen molar-refractivity contribution in [1.82, 2.24) is 0 Å². The summed E-state index contributed by atoms with van der Waals surface area (Å²) in [4.78, 5) is 10.9. The van der Waals surface area contributed by atoms with Gasteiger partial charge in [0.05, 0.1) is 6.42 Å². The second-order valence-electron chi connectivity index (χ2n) is 4.22. The second kappa shape index (κ2) is 4.03. The first kappa shape index (κ1) is 11.1. The number of carbonyl (C=O) groups is 1. The average Bonchev–Trinajstić information content (AvgIpc) is 2.65. The van der Waals surface area contributed by atoms with Crippen LogP contribution in [0, 0.1) is 0 Å². The van der Waals surface area contributed by atoms with Gasteiger partial charge in [0.2, 0.25) is 5.91 Å². The van der Waals surface area contributed by atoms with E-state index < -0.39 is 0 Å². The normalized spacial score (nSPS) is 11.2. The van der Waals surface area contributed by atoms with Gasteiger partial charge >= 0.3 is 0 Å². The summed E-state index contributed by atoms with van der Waals surface area (Å²) >= 11 is 5.97. The molecule has 1 heterocycles. The molecular formula is C14H10ClNO2. The smallest absolute Gasteiger partial charge is 0.221 e. The van der Waals surface area contributed by atoms with E-state index in [1.54, 1.807) is 6.07 Å². The van der Waals surface area contributed by atoms with Crippen LogP contribution in [-0.2, 0) is 11.2 Å². The van der Waals surface area contributed by atoms with E-state index in [9.17, 15) is 4.79 Å². The maximum Gasteiger partial charge on any atom is 0.221 e. The number of rotatable bonds is 2. The third-order valence-electron chi connectivity index (χ3n) is 2.88. The van der Waals surface area contributed by atoms with E-state index in [1.165, 1.54) is 0 Å². The molecule has 4 heteroatoms. The van der Waals surface area contributed by atoms with Crippen LogP contribution in [0.15, 0.2) is 40.8 Å². The maximum atomic E-state index is 10.9. The van der Waals surface area contributed by atoms with Crippen molar-refractivity contribution in [2.75, 3.05) is 0 Å². The Morgan fingerprint density at radius 1 is 1.11 bits per heavy atom. The molecule has 0 fully saturated rings. The summed E-state index contributed by atoms with van der Waals surface area (Å²) in [5, 5.41) is 2.63. The van der Waals surface area contributed by atoms with Crippen LogP contribution in [0.25, 0.3) is 21.9 Å². The van der Waals surface area contributed by atoms with Gasteiger partial charge in [0.15, 0.2) is 0 Å². The summed E-state index contributed by atoms with van der Waals surface area (Å²) in [5.74, 6) is -0.353. The molecule has 3 rings (SSSR count). The lowest BCUT2D eigenvalue weighted by atomic mass is 10.1. The van der Waals surface area contributed by atoms with E-state index in [1.807, 2.05) is 30.3 Å². The molecule has 1 amide bonds. The van der Waals surface area contributed by atoms with Gasteiger partial charge in [0.25, 0.3) is 0 Å². The van der Waals surface area contributed by atoms with Crippen molar-refractivity contribution in [1.29, 1.82) is 0 Å². The molecule has 90 valence electrons. The highest BCUT2D eigenvalue weighted by atomic mass is 35.5. The molecule has 0 bridgehead atoms. The third kappa shape index (κ3) is 1.83. The molecule has 0 saturated heterocycles. The molecule has 3 aromatic rings. The van der Waals surface area contributed by atoms with Gasteiger partial charge < -0.3 is 10.2 Å². The Morgan fingerprint density at radius 2 is 1.94 bits per heavy atom. The highest BCUT2D eigenvalue weighted by Gasteiger charge is 2.08. The van der Waals surface area contributed by atoms with Crippen molar-refractivity contribution < 1.29 is 9.21 Å². The first-order valence-electron chi connectivity index (χ1n) is 5.52. The Bertz CT molecular complexity index is 761. The lowest BCUT2D eigenvalue weighted by molar-refractivity contribution is -0.117. The van der Waals surface area contributed by atoms with Crippen molar-refractivity contribution in [3.63, 3.8) is 0 Å². The molecule has 1 aromatic heterocycles. The van der Waals surface area contributed by atoms with Crippen LogP contribution in [0.5, 0.6) is 0 Å². The van der Waals surface area contributed by atoms with E-state index >= 15 is 0 Å². The summed E-state index contributed by atoms with van der Waals surface area (Å²) in [7, 11) is 0. The first-order chi connectivity index (χ1) is 8.63. The van der Waals surface area contributed by atoms with Gasteiger partial charge in [-0.1, -0.05) is 23.7 Å². The van der Waals surface area contributed by atoms with Crippen LogP contribution in [0.3, 0.4) is 0 Å². The zero-order chi connectivity index (χ0) is 12.7. The van der Waals surface area contributed by atoms with E-state index in [0.717, 1.165) is 27.5 Å². The van der Waals surface area contributed by atoms with Crippen LogP contribution in [0.4, 0.5) is 0 Å². The molecule has 0 aliphatic rings. The highest BCUT2D eigenvalue weighted by molar-refractivity contribution is 6.31. The molecule has 3 nitrogen and oxygen atoms in total. The van der Waals surface area contributed by atoms with Crippen LogP contribution >= 0.6 is 11.6 Å². The van der Waals surface area contributed by atoms with Crippen molar-refractivity contribution in [2.24, 2.45) is 5.73 Å². The predicted molar refractivity (Wildman–Crippen MR) is 71.6 cm³/mol. The van der Waals surface area contributed by atoms with Crippen LogP contribution in [0.2, 0.25) is 5.02 Å². The van der Waals surface area contributed by atoms with Crippen molar-refractivity contribution in [3.05, 3.63) is 47.0 Å². The van der Waals surface area contributed by atoms with Crippen LogP contribution < -0.4 is 5.73 Å². The number of hydrogen-bond acceptors (Lipinski definition) is 2. The number of halogens is 1. The third-order valence-corrected chi connectivity index (χ3v) is 3.11. The Kier molecular flexibility index (Phi) is 2.49. The minimum Gasteiger partial charge on any atom is -0.456 e. The molecule has 0 radical (unpaired) electrons. The number of amides is 1.